The van der Waals surface area contributed by atoms with Gasteiger partial charge in [-0.15, -0.1) is 0 Å². The van der Waals surface area contributed by atoms with Crippen LogP contribution in [0.15, 0.2) is 47.4 Å². The summed E-state index contributed by atoms with van der Waals surface area (Å²) in [6, 6.07) is 10.0. The summed E-state index contributed by atoms with van der Waals surface area (Å²) in [5.74, 6) is 0.493. The van der Waals surface area contributed by atoms with Gasteiger partial charge in [-0.05, 0) is 55.7 Å². The number of rotatable bonds is 4. The normalized spacial score (nSPS) is 21.0. The van der Waals surface area contributed by atoms with Gasteiger partial charge in [-0.1, -0.05) is 11.6 Å². The van der Waals surface area contributed by atoms with Crippen molar-refractivity contribution in [2.24, 2.45) is 0 Å². The van der Waals surface area contributed by atoms with Crippen molar-refractivity contribution < 1.29 is 22.7 Å². The smallest absolute Gasteiger partial charge is 0.342 e. The Hall–Kier alpha value is -2.29. The van der Waals surface area contributed by atoms with Gasteiger partial charge in [0.1, 0.15) is 17.3 Å². The number of carbonyl (C=O) groups is 1. The second-order valence-corrected chi connectivity index (χ2v) is 9.21. The van der Waals surface area contributed by atoms with Crippen molar-refractivity contribution in [1.29, 1.82) is 0 Å². The van der Waals surface area contributed by atoms with Gasteiger partial charge >= 0.3 is 6.03 Å². The van der Waals surface area contributed by atoms with E-state index in [1.165, 1.54) is 30.1 Å². The lowest BCUT2D eigenvalue weighted by Crippen LogP contribution is -2.49. The van der Waals surface area contributed by atoms with Gasteiger partial charge in [-0.25, -0.2) is 13.2 Å². The number of halogens is 1. The second kappa shape index (κ2) is 7.85. The van der Waals surface area contributed by atoms with Crippen LogP contribution >= 0.6 is 11.6 Å². The van der Waals surface area contributed by atoms with E-state index >= 15 is 0 Å². The molecule has 2 aromatic carbocycles. The molecule has 0 radical (unpaired) electrons. The largest absolute Gasteiger partial charge is 0.491 e. The maximum absolute atomic E-state index is 13.1. The first kappa shape index (κ1) is 20.0. The van der Waals surface area contributed by atoms with Gasteiger partial charge in [0.15, 0.2) is 0 Å². The van der Waals surface area contributed by atoms with Crippen LogP contribution in [-0.4, -0.2) is 40.8 Å². The Labute approximate surface area is 174 Å². The van der Waals surface area contributed by atoms with Crippen molar-refractivity contribution in [3.63, 3.8) is 0 Å². The summed E-state index contributed by atoms with van der Waals surface area (Å²) in [6.45, 7) is 1.12. The highest BCUT2D eigenvalue weighted by Gasteiger charge is 2.41. The highest BCUT2D eigenvalue weighted by atomic mass is 35.5. The fourth-order valence-electron chi connectivity index (χ4n) is 3.46. The molecule has 9 heteroatoms. The average Bonchev–Trinajstić information content (AvgIpc) is 2.72. The molecule has 2 aliphatic rings. The maximum Gasteiger partial charge on any atom is 0.342 e. The van der Waals surface area contributed by atoms with Crippen molar-refractivity contribution in [2.75, 3.05) is 29.5 Å². The number of fused-ring (bicyclic) bond motifs is 1. The van der Waals surface area contributed by atoms with Crippen LogP contribution in [0.1, 0.15) is 19.3 Å². The van der Waals surface area contributed by atoms with Gasteiger partial charge in [0, 0.05) is 24.7 Å². The number of sulfonamides is 1. The van der Waals surface area contributed by atoms with Crippen molar-refractivity contribution in [3.8, 4) is 5.75 Å². The first-order valence-electron chi connectivity index (χ1n) is 9.35. The molecule has 1 atom stereocenters. The summed E-state index contributed by atoms with van der Waals surface area (Å²) < 4.78 is 38.5. The first-order chi connectivity index (χ1) is 13.9. The van der Waals surface area contributed by atoms with E-state index in [-0.39, 0.29) is 22.4 Å². The fourth-order valence-corrected chi connectivity index (χ4v) is 5.21. The second-order valence-electron chi connectivity index (χ2n) is 7.02. The van der Waals surface area contributed by atoms with E-state index in [2.05, 4.69) is 0 Å². The summed E-state index contributed by atoms with van der Waals surface area (Å²) >= 11 is 5.88. The molecular weight excluding hydrogens is 416 g/mol. The molecule has 2 aromatic rings. The molecule has 2 aliphatic heterocycles. The molecule has 1 unspecified atom stereocenters. The van der Waals surface area contributed by atoms with Gasteiger partial charge in [0.05, 0.1) is 17.5 Å². The Balaban J connectivity index is 1.63. The highest BCUT2D eigenvalue weighted by Crippen LogP contribution is 2.38. The van der Waals surface area contributed by atoms with Crippen LogP contribution in [0.4, 0.5) is 16.2 Å². The number of hydrogen-bond donors (Lipinski definition) is 0. The number of amides is 2. The maximum atomic E-state index is 13.1. The zero-order valence-electron chi connectivity index (χ0n) is 15.9. The van der Waals surface area contributed by atoms with Crippen molar-refractivity contribution >= 4 is 39.0 Å². The zero-order chi connectivity index (χ0) is 20.6. The molecule has 0 aromatic heterocycles. The Morgan fingerprint density at radius 2 is 1.93 bits per heavy atom. The average molecular weight is 437 g/mol. The van der Waals surface area contributed by atoms with Crippen molar-refractivity contribution in [2.45, 2.75) is 30.3 Å². The lowest BCUT2D eigenvalue weighted by Gasteiger charge is -2.34. The first-order valence-corrected chi connectivity index (χ1v) is 11.2. The quantitative estimate of drug-likeness (QED) is 0.722. The number of hydrogen-bond acceptors (Lipinski definition) is 5. The summed E-state index contributed by atoms with van der Waals surface area (Å²) in [5, 5.41) is 0.452. The lowest BCUT2D eigenvalue weighted by atomic mass is 10.1. The summed E-state index contributed by atoms with van der Waals surface area (Å²) in [6.07, 6.45) is 3.13. The molecule has 1 fully saturated rings. The molecular formula is C20H21ClN2O5S. The molecule has 0 aliphatic carbocycles. The SMILES string of the molecule is CN1C(=O)N(c2ccc(Cl)cc2)S(=O)(=O)c2ccc(OCC3CCCCO3)cc21. The van der Waals surface area contributed by atoms with Crippen LogP contribution in [0.25, 0.3) is 0 Å². The van der Waals surface area contributed by atoms with E-state index < -0.39 is 16.1 Å². The van der Waals surface area contributed by atoms with E-state index in [0.717, 1.165) is 30.2 Å². The Kier molecular flexibility index (Phi) is 5.42. The van der Waals surface area contributed by atoms with Gasteiger partial charge in [-0.2, -0.15) is 4.31 Å². The van der Waals surface area contributed by atoms with Gasteiger partial charge in [-0.3, -0.25) is 4.90 Å². The molecule has 7 nitrogen and oxygen atoms in total. The number of carbonyl (C=O) groups excluding carboxylic acids is 1. The van der Waals surface area contributed by atoms with Crippen molar-refractivity contribution in [1.82, 2.24) is 0 Å². The Morgan fingerprint density at radius 3 is 2.62 bits per heavy atom. The minimum atomic E-state index is -4.06. The van der Waals surface area contributed by atoms with E-state index in [1.54, 1.807) is 24.3 Å². The zero-order valence-corrected chi connectivity index (χ0v) is 17.4. The van der Waals surface area contributed by atoms with Gasteiger partial charge in [0.25, 0.3) is 10.0 Å². The molecule has 2 amide bonds. The molecule has 29 heavy (non-hydrogen) atoms. The number of nitrogens with zero attached hydrogens (tertiary/aromatic N) is 2. The van der Waals surface area contributed by atoms with Crippen LogP contribution < -0.4 is 13.9 Å². The van der Waals surface area contributed by atoms with Crippen LogP contribution in [0.2, 0.25) is 5.02 Å². The molecule has 0 spiro atoms. The lowest BCUT2D eigenvalue weighted by molar-refractivity contribution is -0.0110. The molecule has 0 N–H and O–H groups in total. The van der Waals surface area contributed by atoms with Gasteiger partial charge < -0.3 is 9.47 Å². The van der Waals surface area contributed by atoms with Crippen LogP contribution in [0.5, 0.6) is 5.75 Å². The fraction of sp³-hybridized carbons (Fsp3) is 0.350. The van der Waals surface area contributed by atoms with Crippen LogP contribution in [0, 0.1) is 0 Å². The molecule has 0 saturated carbocycles. The summed E-state index contributed by atoms with van der Waals surface area (Å²) in [5.41, 5.74) is 0.508. The Morgan fingerprint density at radius 1 is 1.17 bits per heavy atom. The molecule has 154 valence electrons. The van der Waals surface area contributed by atoms with E-state index in [9.17, 15) is 13.2 Å². The van der Waals surface area contributed by atoms with E-state index in [0.29, 0.717) is 17.4 Å². The van der Waals surface area contributed by atoms with E-state index in [4.69, 9.17) is 21.1 Å². The van der Waals surface area contributed by atoms with Gasteiger partial charge in [0.2, 0.25) is 0 Å². The number of benzene rings is 2. The third-order valence-corrected chi connectivity index (χ3v) is 7.04. The Bertz CT molecular complexity index is 1020. The van der Waals surface area contributed by atoms with Crippen LogP contribution in [-0.2, 0) is 14.8 Å². The third-order valence-electron chi connectivity index (χ3n) is 5.04. The van der Waals surface area contributed by atoms with Crippen LogP contribution in [0.3, 0.4) is 0 Å². The highest BCUT2D eigenvalue weighted by molar-refractivity contribution is 7.94. The number of anilines is 2. The minimum absolute atomic E-state index is 0.0308. The summed E-state index contributed by atoms with van der Waals surface area (Å²) in [7, 11) is -2.53. The third kappa shape index (κ3) is 3.80. The number of urea groups is 1. The number of ether oxygens (including phenoxy) is 2. The molecule has 2 heterocycles. The predicted octanol–water partition coefficient (Wildman–Crippen LogP) is 4.05. The van der Waals surface area contributed by atoms with Crippen molar-refractivity contribution in [3.05, 3.63) is 47.5 Å². The topological polar surface area (TPSA) is 76.2 Å². The predicted molar refractivity (Wildman–Crippen MR) is 110 cm³/mol. The molecule has 1 saturated heterocycles. The molecule has 4 rings (SSSR count). The standard InChI is InChI=1S/C20H21ClN2O5S/c1-22-18-12-16(28-13-17-4-2-3-11-27-17)9-10-19(18)29(25,26)23(20(22)24)15-7-5-14(21)6-8-15/h5-10,12,17H,2-4,11,13H2,1H3. The van der Waals surface area contributed by atoms with E-state index in [1.807, 2.05) is 0 Å². The minimum Gasteiger partial charge on any atom is -0.491 e. The molecule has 0 bridgehead atoms. The monoisotopic (exact) mass is 436 g/mol. The summed E-state index contributed by atoms with van der Waals surface area (Å²) in [4.78, 5) is 14.2.